The van der Waals surface area contributed by atoms with E-state index >= 15 is 0 Å². The first-order valence-corrected chi connectivity index (χ1v) is 7.96. The lowest BCUT2D eigenvalue weighted by molar-refractivity contribution is -0.121. The van der Waals surface area contributed by atoms with E-state index in [4.69, 9.17) is 4.74 Å². The molecule has 0 saturated carbocycles. The van der Waals surface area contributed by atoms with Gasteiger partial charge in [-0.3, -0.25) is 19.1 Å². The van der Waals surface area contributed by atoms with E-state index < -0.39 is 11.2 Å². The van der Waals surface area contributed by atoms with Gasteiger partial charge in [0, 0.05) is 43.7 Å². The van der Waals surface area contributed by atoms with E-state index in [9.17, 15) is 14.4 Å². The summed E-state index contributed by atoms with van der Waals surface area (Å²) in [5, 5.41) is 2.78. The number of rotatable bonds is 5. The number of carbonyl (C=O) groups is 1. The number of pyridine rings is 1. The SMILES string of the molecule is O=C(Cn1ccc(=O)[nH]c1=O)NCc1cccnc1N1CCOCC1. The number of anilines is 1. The summed E-state index contributed by atoms with van der Waals surface area (Å²) >= 11 is 0. The van der Waals surface area contributed by atoms with Crippen molar-refractivity contribution >= 4 is 11.7 Å². The maximum atomic E-state index is 12.1. The summed E-state index contributed by atoms with van der Waals surface area (Å²) < 4.78 is 6.49. The minimum Gasteiger partial charge on any atom is -0.378 e. The van der Waals surface area contributed by atoms with E-state index in [1.54, 1.807) is 6.20 Å². The Morgan fingerprint density at radius 1 is 1.28 bits per heavy atom. The molecule has 9 nitrogen and oxygen atoms in total. The van der Waals surface area contributed by atoms with Crippen LogP contribution in [0.4, 0.5) is 5.82 Å². The Morgan fingerprint density at radius 2 is 2.08 bits per heavy atom. The lowest BCUT2D eigenvalue weighted by atomic mass is 10.2. The molecule has 3 rings (SSSR count). The minimum absolute atomic E-state index is 0.164. The molecule has 25 heavy (non-hydrogen) atoms. The van der Waals surface area contributed by atoms with E-state index in [0.29, 0.717) is 19.8 Å². The molecular weight excluding hydrogens is 326 g/mol. The van der Waals surface area contributed by atoms with Gasteiger partial charge in [0.15, 0.2) is 0 Å². The van der Waals surface area contributed by atoms with Crippen LogP contribution in [0.1, 0.15) is 5.56 Å². The van der Waals surface area contributed by atoms with Gasteiger partial charge in [0.1, 0.15) is 12.4 Å². The molecule has 0 unspecified atom stereocenters. The predicted molar refractivity (Wildman–Crippen MR) is 90.4 cm³/mol. The molecule has 1 amide bonds. The van der Waals surface area contributed by atoms with Crippen LogP contribution in [0.3, 0.4) is 0 Å². The Morgan fingerprint density at radius 3 is 2.84 bits per heavy atom. The van der Waals surface area contributed by atoms with Crippen molar-refractivity contribution in [1.29, 1.82) is 0 Å². The highest BCUT2D eigenvalue weighted by Gasteiger charge is 2.16. The lowest BCUT2D eigenvalue weighted by Crippen LogP contribution is -2.38. The van der Waals surface area contributed by atoms with Crippen LogP contribution < -0.4 is 21.5 Å². The van der Waals surface area contributed by atoms with Crippen LogP contribution in [0, 0.1) is 0 Å². The standard InChI is InChI=1S/C16H19N5O4/c22-13-3-5-21(16(24)19-13)11-14(23)18-10-12-2-1-4-17-15(12)20-6-8-25-9-7-20/h1-5H,6-11H2,(H,18,23)(H,19,22,24). The Kier molecular flexibility index (Phi) is 5.24. The fraction of sp³-hybridized carbons (Fsp3) is 0.375. The molecule has 0 aromatic carbocycles. The second kappa shape index (κ2) is 7.75. The number of nitrogens with one attached hydrogen (secondary N) is 2. The zero-order valence-electron chi connectivity index (χ0n) is 13.6. The van der Waals surface area contributed by atoms with Crippen LogP contribution in [0.15, 0.2) is 40.2 Å². The molecule has 1 aliphatic heterocycles. The van der Waals surface area contributed by atoms with Crippen LogP contribution in [-0.4, -0.2) is 46.7 Å². The molecule has 2 aromatic heterocycles. The van der Waals surface area contributed by atoms with Gasteiger partial charge in [-0.15, -0.1) is 0 Å². The first kappa shape index (κ1) is 16.9. The zero-order chi connectivity index (χ0) is 17.6. The van der Waals surface area contributed by atoms with Gasteiger partial charge >= 0.3 is 5.69 Å². The maximum absolute atomic E-state index is 12.1. The third-order valence-electron chi connectivity index (χ3n) is 3.86. The Hall–Kier alpha value is -2.94. The minimum atomic E-state index is -0.613. The van der Waals surface area contributed by atoms with Crippen molar-refractivity contribution < 1.29 is 9.53 Å². The highest BCUT2D eigenvalue weighted by Crippen LogP contribution is 2.18. The van der Waals surface area contributed by atoms with Gasteiger partial charge in [-0.05, 0) is 6.07 Å². The predicted octanol–water partition coefficient (Wildman–Crippen LogP) is -0.915. The summed E-state index contributed by atoms with van der Waals surface area (Å²) in [5.74, 6) is 0.498. The number of ether oxygens (including phenoxy) is 1. The summed E-state index contributed by atoms with van der Waals surface area (Å²) in [5.41, 5.74) is -0.211. The highest BCUT2D eigenvalue weighted by atomic mass is 16.5. The first-order valence-electron chi connectivity index (χ1n) is 7.96. The summed E-state index contributed by atoms with van der Waals surface area (Å²) in [4.78, 5) is 43.4. The highest BCUT2D eigenvalue weighted by molar-refractivity contribution is 5.75. The van der Waals surface area contributed by atoms with Gasteiger partial charge in [0.05, 0.1) is 13.2 Å². The molecule has 0 aliphatic carbocycles. The van der Waals surface area contributed by atoms with Crippen LogP contribution in [0.2, 0.25) is 0 Å². The molecule has 2 aromatic rings. The second-order valence-corrected chi connectivity index (χ2v) is 5.60. The van der Waals surface area contributed by atoms with Crippen molar-refractivity contribution in [3.63, 3.8) is 0 Å². The van der Waals surface area contributed by atoms with E-state index in [0.717, 1.165) is 29.0 Å². The molecule has 1 aliphatic rings. The molecule has 132 valence electrons. The molecular formula is C16H19N5O4. The molecule has 1 saturated heterocycles. The van der Waals surface area contributed by atoms with Gasteiger partial charge < -0.3 is 15.0 Å². The van der Waals surface area contributed by atoms with Crippen molar-refractivity contribution in [2.45, 2.75) is 13.1 Å². The van der Waals surface area contributed by atoms with E-state index in [-0.39, 0.29) is 12.5 Å². The summed E-state index contributed by atoms with van der Waals surface area (Å²) in [6, 6.07) is 4.93. The quantitative estimate of drug-likeness (QED) is 0.726. The van der Waals surface area contributed by atoms with E-state index in [2.05, 4.69) is 20.2 Å². The largest absolute Gasteiger partial charge is 0.378 e. The summed E-state index contributed by atoms with van der Waals surface area (Å²) in [6.07, 6.45) is 3.01. The molecule has 3 heterocycles. The smallest absolute Gasteiger partial charge is 0.328 e. The van der Waals surface area contributed by atoms with Crippen molar-refractivity contribution in [2.24, 2.45) is 0 Å². The Balaban J connectivity index is 1.64. The van der Waals surface area contributed by atoms with E-state index in [1.807, 2.05) is 12.1 Å². The number of morpholine rings is 1. The molecule has 9 heteroatoms. The first-order chi connectivity index (χ1) is 12.1. The number of amides is 1. The van der Waals surface area contributed by atoms with Crippen molar-refractivity contribution in [2.75, 3.05) is 31.2 Å². The average Bonchev–Trinajstić information content (AvgIpc) is 2.63. The maximum Gasteiger partial charge on any atom is 0.328 e. The number of nitrogens with zero attached hydrogens (tertiary/aromatic N) is 3. The number of hydrogen-bond acceptors (Lipinski definition) is 6. The Bertz CT molecular complexity index is 854. The van der Waals surface area contributed by atoms with E-state index in [1.165, 1.54) is 12.3 Å². The fourth-order valence-electron chi connectivity index (χ4n) is 2.60. The topological polar surface area (TPSA) is 109 Å². The van der Waals surface area contributed by atoms with Crippen molar-refractivity contribution in [1.82, 2.24) is 19.9 Å². The van der Waals surface area contributed by atoms with Gasteiger partial charge in [0.25, 0.3) is 5.56 Å². The van der Waals surface area contributed by atoms with Crippen molar-refractivity contribution in [3.05, 3.63) is 57.0 Å². The second-order valence-electron chi connectivity index (χ2n) is 5.60. The molecule has 1 fully saturated rings. The van der Waals surface area contributed by atoms with Crippen molar-refractivity contribution in [3.8, 4) is 0 Å². The molecule has 0 spiro atoms. The monoisotopic (exact) mass is 345 g/mol. The number of H-pyrrole nitrogens is 1. The third kappa shape index (κ3) is 4.32. The molecule has 0 bridgehead atoms. The van der Waals surface area contributed by atoms with Crippen LogP contribution in [-0.2, 0) is 22.6 Å². The number of aromatic amines is 1. The van der Waals surface area contributed by atoms with Gasteiger partial charge in [0.2, 0.25) is 5.91 Å². The van der Waals surface area contributed by atoms with Gasteiger partial charge in [-0.25, -0.2) is 9.78 Å². The fourth-order valence-corrected chi connectivity index (χ4v) is 2.60. The summed E-state index contributed by atoms with van der Waals surface area (Å²) in [7, 11) is 0. The lowest BCUT2D eigenvalue weighted by Gasteiger charge is -2.29. The molecule has 0 radical (unpaired) electrons. The third-order valence-corrected chi connectivity index (χ3v) is 3.86. The average molecular weight is 345 g/mol. The Labute approximate surface area is 143 Å². The van der Waals surface area contributed by atoms with Crippen LogP contribution >= 0.6 is 0 Å². The van der Waals surface area contributed by atoms with Crippen LogP contribution in [0.25, 0.3) is 0 Å². The normalized spacial score (nSPS) is 14.3. The number of carbonyl (C=O) groups excluding carboxylic acids is 1. The zero-order valence-corrected chi connectivity index (χ0v) is 13.6. The number of hydrogen-bond donors (Lipinski definition) is 2. The van der Waals surface area contributed by atoms with Gasteiger partial charge in [-0.1, -0.05) is 6.07 Å². The van der Waals surface area contributed by atoms with Gasteiger partial charge in [-0.2, -0.15) is 0 Å². The summed E-state index contributed by atoms with van der Waals surface area (Å²) in [6.45, 7) is 2.95. The molecule has 0 atom stereocenters. The van der Waals surface area contributed by atoms with Crippen LogP contribution in [0.5, 0.6) is 0 Å². The number of aromatic nitrogens is 3. The molecule has 2 N–H and O–H groups in total.